The summed E-state index contributed by atoms with van der Waals surface area (Å²) in [5.74, 6) is 0. The minimum atomic E-state index is -0.434. The highest BCUT2D eigenvalue weighted by atomic mass is 35.5. The number of fused-ring (bicyclic) bond motifs is 1. The van der Waals surface area contributed by atoms with E-state index in [4.69, 9.17) is 17.3 Å². The molecule has 0 aromatic heterocycles. The monoisotopic (exact) mass is 283 g/mol. The molecule has 0 amide bonds. The van der Waals surface area contributed by atoms with E-state index in [-0.39, 0.29) is 0 Å². The summed E-state index contributed by atoms with van der Waals surface area (Å²) in [6.45, 7) is 1.89. The van der Waals surface area contributed by atoms with E-state index >= 15 is 0 Å². The molecule has 1 atom stereocenters. The Kier molecular flexibility index (Phi) is 3.38. The summed E-state index contributed by atoms with van der Waals surface area (Å²) in [7, 11) is 0. The Balaban J connectivity index is 2.25. The van der Waals surface area contributed by atoms with Crippen molar-refractivity contribution in [3.8, 4) is 0 Å². The minimum absolute atomic E-state index is 0.434. The Morgan fingerprint density at radius 1 is 1.10 bits per heavy atom. The molecule has 0 saturated heterocycles. The van der Waals surface area contributed by atoms with Gasteiger partial charge in [0, 0.05) is 16.1 Å². The lowest BCUT2D eigenvalue weighted by atomic mass is 10.0. The fourth-order valence-electron chi connectivity index (χ4n) is 2.18. The molecule has 0 aliphatic carbocycles. The maximum Gasteiger partial charge on any atom is 0.136 e. The third kappa shape index (κ3) is 2.38. The SMILES string of the molecule is CC1=Nc2ccc(Cl)cc2C(c2ccccc2)=NC1N. The average Bonchev–Trinajstić information content (AvgIpc) is 2.58. The van der Waals surface area contributed by atoms with Crippen molar-refractivity contribution in [1.29, 1.82) is 0 Å². The summed E-state index contributed by atoms with van der Waals surface area (Å²) >= 11 is 6.12. The van der Waals surface area contributed by atoms with Crippen molar-refractivity contribution < 1.29 is 0 Å². The number of nitrogens with zero attached hydrogens (tertiary/aromatic N) is 2. The van der Waals surface area contributed by atoms with Gasteiger partial charge in [-0.15, -0.1) is 0 Å². The van der Waals surface area contributed by atoms with Crippen LogP contribution in [0.2, 0.25) is 5.02 Å². The number of benzene rings is 2. The molecule has 100 valence electrons. The Hall–Kier alpha value is -1.97. The normalized spacial score (nSPS) is 17.9. The highest BCUT2D eigenvalue weighted by molar-refractivity contribution is 6.31. The van der Waals surface area contributed by atoms with Gasteiger partial charge in [-0.2, -0.15) is 0 Å². The maximum atomic E-state index is 6.12. The molecule has 1 heterocycles. The Morgan fingerprint density at radius 3 is 2.60 bits per heavy atom. The lowest BCUT2D eigenvalue weighted by molar-refractivity contribution is 0.921. The van der Waals surface area contributed by atoms with Gasteiger partial charge in [-0.25, -0.2) is 0 Å². The first kappa shape index (κ1) is 13.0. The zero-order chi connectivity index (χ0) is 14.1. The average molecular weight is 284 g/mol. The van der Waals surface area contributed by atoms with E-state index in [0.29, 0.717) is 5.02 Å². The summed E-state index contributed by atoms with van der Waals surface area (Å²) in [6, 6.07) is 15.6. The zero-order valence-electron chi connectivity index (χ0n) is 11.0. The van der Waals surface area contributed by atoms with E-state index < -0.39 is 6.17 Å². The van der Waals surface area contributed by atoms with Crippen LogP contribution in [0.5, 0.6) is 0 Å². The van der Waals surface area contributed by atoms with Gasteiger partial charge < -0.3 is 5.73 Å². The predicted molar refractivity (Wildman–Crippen MR) is 84.3 cm³/mol. The Bertz CT molecular complexity index is 705. The Labute approximate surface area is 122 Å². The summed E-state index contributed by atoms with van der Waals surface area (Å²) in [5, 5.41) is 0.663. The van der Waals surface area contributed by atoms with Gasteiger partial charge in [-0.05, 0) is 25.1 Å². The fraction of sp³-hybridized carbons (Fsp3) is 0.125. The van der Waals surface area contributed by atoms with Crippen molar-refractivity contribution in [2.45, 2.75) is 13.1 Å². The lowest BCUT2D eigenvalue weighted by Gasteiger charge is -2.09. The molecule has 1 aliphatic heterocycles. The summed E-state index contributed by atoms with van der Waals surface area (Å²) in [5.41, 5.74) is 10.5. The zero-order valence-corrected chi connectivity index (χ0v) is 11.8. The topological polar surface area (TPSA) is 50.7 Å². The Morgan fingerprint density at radius 2 is 1.85 bits per heavy atom. The summed E-state index contributed by atoms with van der Waals surface area (Å²) in [6.07, 6.45) is -0.434. The smallest absolute Gasteiger partial charge is 0.136 e. The molecular weight excluding hydrogens is 270 g/mol. The van der Waals surface area contributed by atoms with E-state index in [0.717, 1.165) is 28.2 Å². The summed E-state index contributed by atoms with van der Waals surface area (Å²) in [4.78, 5) is 9.17. The van der Waals surface area contributed by atoms with E-state index in [9.17, 15) is 0 Å². The standard InChI is InChI=1S/C16H14ClN3/c1-10-16(18)20-15(11-5-3-2-4-6-11)13-9-12(17)7-8-14(13)19-10/h2-9,16H,18H2,1H3. The van der Waals surface area contributed by atoms with E-state index in [2.05, 4.69) is 9.98 Å². The fourth-order valence-corrected chi connectivity index (χ4v) is 2.35. The van der Waals surface area contributed by atoms with Crippen LogP contribution < -0.4 is 5.73 Å². The van der Waals surface area contributed by atoms with Crippen molar-refractivity contribution >= 4 is 28.7 Å². The van der Waals surface area contributed by atoms with Crippen molar-refractivity contribution in [2.75, 3.05) is 0 Å². The first-order valence-corrected chi connectivity index (χ1v) is 6.77. The van der Waals surface area contributed by atoms with Gasteiger partial charge in [-0.3, -0.25) is 9.98 Å². The number of nitrogens with two attached hydrogens (primary N) is 1. The van der Waals surface area contributed by atoms with E-state index in [1.54, 1.807) is 0 Å². The molecule has 3 rings (SSSR count). The van der Waals surface area contributed by atoms with Crippen LogP contribution in [0, 0.1) is 0 Å². The van der Waals surface area contributed by atoms with Gasteiger partial charge in [0.25, 0.3) is 0 Å². The molecule has 2 aromatic rings. The molecule has 0 spiro atoms. The summed E-state index contributed by atoms with van der Waals surface area (Å²) < 4.78 is 0. The maximum absolute atomic E-state index is 6.12. The largest absolute Gasteiger partial charge is 0.305 e. The predicted octanol–water partition coefficient (Wildman–Crippen LogP) is 3.57. The van der Waals surface area contributed by atoms with Crippen molar-refractivity contribution in [3.05, 3.63) is 64.7 Å². The first-order chi connectivity index (χ1) is 9.65. The second-order valence-electron chi connectivity index (χ2n) is 4.70. The van der Waals surface area contributed by atoms with E-state index in [1.807, 2.05) is 55.5 Å². The van der Waals surface area contributed by atoms with Gasteiger partial charge in [0.1, 0.15) is 6.17 Å². The molecule has 4 heteroatoms. The van der Waals surface area contributed by atoms with Gasteiger partial charge >= 0.3 is 0 Å². The molecule has 20 heavy (non-hydrogen) atoms. The van der Waals surface area contributed by atoms with Crippen LogP contribution in [-0.4, -0.2) is 17.6 Å². The van der Waals surface area contributed by atoms with Gasteiger partial charge in [0.2, 0.25) is 0 Å². The highest BCUT2D eigenvalue weighted by Gasteiger charge is 2.18. The molecule has 0 fully saturated rings. The molecule has 0 radical (unpaired) electrons. The van der Waals surface area contributed by atoms with Crippen molar-refractivity contribution in [2.24, 2.45) is 15.7 Å². The molecule has 0 saturated carbocycles. The number of halogens is 1. The molecule has 1 unspecified atom stereocenters. The second-order valence-corrected chi connectivity index (χ2v) is 5.14. The third-order valence-corrected chi connectivity index (χ3v) is 3.49. The van der Waals surface area contributed by atoms with Crippen LogP contribution in [0.25, 0.3) is 0 Å². The lowest BCUT2D eigenvalue weighted by Crippen LogP contribution is -2.26. The van der Waals surface area contributed by atoms with Gasteiger partial charge in [-0.1, -0.05) is 41.9 Å². The van der Waals surface area contributed by atoms with Crippen LogP contribution >= 0.6 is 11.6 Å². The van der Waals surface area contributed by atoms with Gasteiger partial charge in [0.05, 0.1) is 17.1 Å². The quantitative estimate of drug-likeness (QED) is 0.854. The van der Waals surface area contributed by atoms with Crippen LogP contribution in [0.4, 0.5) is 5.69 Å². The number of hydrogen-bond acceptors (Lipinski definition) is 3. The van der Waals surface area contributed by atoms with Crippen molar-refractivity contribution in [3.63, 3.8) is 0 Å². The molecule has 1 aliphatic rings. The van der Waals surface area contributed by atoms with Crippen LogP contribution in [0.1, 0.15) is 18.1 Å². The number of hydrogen-bond donors (Lipinski definition) is 1. The van der Waals surface area contributed by atoms with Crippen LogP contribution in [-0.2, 0) is 0 Å². The minimum Gasteiger partial charge on any atom is -0.305 e. The van der Waals surface area contributed by atoms with E-state index in [1.165, 1.54) is 0 Å². The highest BCUT2D eigenvalue weighted by Crippen LogP contribution is 2.28. The second kappa shape index (κ2) is 5.19. The molecule has 3 nitrogen and oxygen atoms in total. The molecule has 2 aromatic carbocycles. The molecular formula is C16H14ClN3. The van der Waals surface area contributed by atoms with Gasteiger partial charge in [0.15, 0.2) is 0 Å². The first-order valence-electron chi connectivity index (χ1n) is 6.39. The van der Waals surface area contributed by atoms with Crippen LogP contribution in [0.15, 0.2) is 58.5 Å². The number of aliphatic imine (C=N–C) groups is 2. The third-order valence-electron chi connectivity index (χ3n) is 3.25. The van der Waals surface area contributed by atoms with Crippen molar-refractivity contribution in [1.82, 2.24) is 0 Å². The van der Waals surface area contributed by atoms with Crippen LogP contribution in [0.3, 0.4) is 0 Å². The number of rotatable bonds is 1. The molecule has 0 bridgehead atoms. The molecule has 2 N–H and O–H groups in total.